The Morgan fingerprint density at radius 3 is 2.75 bits per heavy atom. The van der Waals surface area contributed by atoms with E-state index in [-0.39, 0.29) is 12.4 Å². The molecule has 0 aromatic heterocycles. The second-order valence-electron chi connectivity index (χ2n) is 1.27. The van der Waals surface area contributed by atoms with Crippen molar-refractivity contribution in [1.82, 2.24) is 0 Å². The monoisotopic (exact) mass is 136 g/mol. The van der Waals surface area contributed by atoms with Gasteiger partial charge in [-0.15, -0.1) is 11.6 Å². The summed E-state index contributed by atoms with van der Waals surface area (Å²) in [5, 5.41) is 6.68. The first kappa shape index (κ1) is 7.72. The van der Waals surface area contributed by atoms with Crippen LogP contribution < -0.4 is 5.73 Å². The Bertz CT molecular complexity index is 76.4. The fourth-order valence-electron chi connectivity index (χ4n) is 0.237. The van der Waals surface area contributed by atoms with E-state index in [9.17, 15) is 0 Å². The zero-order valence-electron chi connectivity index (χ0n) is 4.48. The quantitative estimate of drug-likeness (QED) is 0.251. The summed E-state index contributed by atoms with van der Waals surface area (Å²) in [5.41, 5.74) is 4.95. The highest BCUT2D eigenvalue weighted by Gasteiger charge is 1.86. The minimum absolute atomic E-state index is 0.0371. The molecule has 0 bridgehead atoms. The predicted molar refractivity (Wildman–Crippen MR) is 33.5 cm³/mol. The highest BCUT2D eigenvalue weighted by molar-refractivity contribution is 6.17. The molecule has 0 amide bonds. The van der Waals surface area contributed by atoms with Gasteiger partial charge in [-0.1, -0.05) is 0 Å². The van der Waals surface area contributed by atoms with E-state index < -0.39 is 0 Å². The fraction of sp³-hybridized carbons (Fsp3) is 0.750. The maximum atomic E-state index is 6.68. The van der Waals surface area contributed by atoms with Gasteiger partial charge in [0.1, 0.15) is 12.4 Å². The van der Waals surface area contributed by atoms with Gasteiger partial charge in [-0.05, 0) is 0 Å². The van der Waals surface area contributed by atoms with Crippen molar-refractivity contribution in [2.75, 3.05) is 19.1 Å². The number of alkyl halides is 1. The van der Waals surface area contributed by atoms with Gasteiger partial charge in [-0.2, -0.15) is 0 Å². The molecule has 0 heterocycles. The van der Waals surface area contributed by atoms with Crippen LogP contribution in [-0.2, 0) is 4.74 Å². The molecule has 8 heavy (non-hydrogen) atoms. The molecule has 0 saturated heterocycles. The van der Waals surface area contributed by atoms with Crippen LogP contribution in [0.1, 0.15) is 0 Å². The average molecular weight is 137 g/mol. The molecule has 0 spiro atoms. The summed E-state index contributed by atoms with van der Waals surface area (Å²) in [6, 6.07) is 0. The van der Waals surface area contributed by atoms with Gasteiger partial charge in [0, 0.05) is 5.88 Å². The fourth-order valence-corrected chi connectivity index (χ4v) is 0.346. The van der Waals surface area contributed by atoms with Crippen molar-refractivity contribution in [2.24, 2.45) is 5.73 Å². The Labute approximate surface area is 53.3 Å². The largest absolute Gasteiger partial charge is 0.386 e. The van der Waals surface area contributed by atoms with Crippen molar-refractivity contribution in [2.45, 2.75) is 0 Å². The van der Waals surface area contributed by atoms with E-state index in [2.05, 4.69) is 0 Å². The van der Waals surface area contributed by atoms with E-state index in [0.29, 0.717) is 12.5 Å². The van der Waals surface area contributed by atoms with Gasteiger partial charge in [0.2, 0.25) is 0 Å². The van der Waals surface area contributed by atoms with E-state index in [0.717, 1.165) is 0 Å². The van der Waals surface area contributed by atoms with Crippen LogP contribution >= 0.6 is 11.6 Å². The SMILES string of the molecule is N=C(N)COCCCl. The number of amidine groups is 1. The van der Waals surface area contributed by atoms with E-state index in [1.807, 2.05) is 0 Å². The molecule has 0 aliphatic rings. The van der Waals surface area contributed by atoms with Crippen molar-refractivity contribution >= 4 is 17.4 Å². The molecule has 0 aromatic carbocycles. The topological polar surface area (TPSA) is 59.1 Å². The normalized spacial score (nSPS) is 9.12. The van der Waals surface area contributed by atoms with Crippen LogP contribution in [0.3, 0.4) is 0 Å². The van der Waals surface area contributed by atoms with Crippen molar-refractivity contribution in [3.8, 4) is 0 Å². The third-order valence-electron chi connectivity index (χ3n) is 0.479. The molecule has 0 radical (unpaired) electrons. The lowest BCUT2D eigenvalue weighted by Crippen LogP contribution is -2.17. The molecule has 4 heteroatoms. The Morgan fingerprint density at radius 1 is 1.75 bits per heavy atom. The van der Waals surface area contributed by atoms with Gasteiger partial charge in [0.25, 0.3) is 0 Å². The lowest BCUT2D eigenvalue weighted by molar-refractivity contribution is 0.188. The van der Waals surface area contributed by atoms with Gasteiger partial charge >= 0.3 is 0 Å². The van der Waals surface area contributed by atoms with Gasteiger partial charge in [0.05, 0.1) is 6.61 Å². The molecule has 0 unspecified atom stereocenters. The smallest absolute Gasteiger partial charge is 0.117 e. The number of nitrogens with one attached hydrogen (secondary N) is 1. The van der Waals surface area contributed by atoms with E-state index in [4.69, 9.17) is 27.5 Å². The second-order valence-corrected chi connectivity index (χ2v) is 1.64. The number of rotatable bonds is 4. The molecule has 0 rings (SSSR count). The summed E-state index contributed by atoms with van der Waals surface area (Å²) in [7, 11) is 0. The Balaban J connectivity index is 2.82. The Hall–Kier alpha value is -0.280. The lowest BCUT2D eigenvalue weighted by Gasteiger charge is -1.96. The third-order valence-corrected chi connectivity index (χ3v) is 0.633. The van der Waals surface area contributed by atoms with E-state index in [1.54, 1.807) is 0 Å². The number of hydrogen-bond donors (Lipinski definition) is 2. The van der Waals surface area contributed by atoms with Crippen molar-refractivity contribution in [1.29, 1.82) is 5.41 Å². The first-order valence-electron chi connectivity index (χ1n) is 2.24. The molecule has 0 saturated carbocycles. The van der Waals surface area contributed by atoms with Crippen LogP contribution in [0.4, 0.5) is 0 Å². The summed E-state index contributed by atoms with van der Waals surface area (Å²) in [4.78, 5) is 0. The molecule has 0 aromatic rings. The highest BCUT2D eigenvalue weighted by atomic mass is 35.5. The van der Waals surface area contributed by atoms with Crippen LogP contribution in [-0.4, -0.2) is 24.9 Å². The van der Waals surface area contributed by atoms with Crippen molar-refractivity contribution in [3.05, 3.63) is 0 Å². The molecule has 3 N–H and O–H groups in total. The van der Waals surface area contributed by atoms with Crippen LogP contribution in [0.15, 0.2) is 0 Å². The standard InChI is InChI=1S/C4H9ClN2O/c5-1-2-8-3-4(6)7/h1-3H2,(H3,6,7). The molecule has 0 aliphatic carbocycles. The molecular weight excluding hydrogens is 128 g/mol. The number of nitrogens with two attached hydrogens (primary N) is 1. The first-order chi connectivity index (χ1) is 3.77. The molecule has 48 valence electrons. The van der Waals surface area contributed by atoms with Crippen LogP contribution in [0.25, 0.3) is 0 Å². The summed E-state index contributed by atoms with van der Waals surface area (Å²) in [6.07, 6.45) is 0. The summed E-state index contributed by atoms with van der Waals surface area (Å²) in [5.74, 6) is 0.489. The third kappa shape index (κ3) is 5.72. The minimum atomic E-state index is 0.0371. The molecule has 0 aliphatic heterocycles. The van der Waals surface area contributed by atoms with Crippen LogP contribution in [0.5, 0.6) is 0 Å². The summed E-state index contributed by atoms with van der Waals surface area (Å²) < 4.78 is 4.76. The van der Waals surface area contributed by atoms with Gasteiger partial charge < -0.3 is 10.5 Å². The number of halogens is 1. The average Bonchev–Trinajstić information content (AvgIpc) is 1.66. The molecule has 3 nitrogen and oxygen atoms in total. The van der Waals surface area contributed by atoms with Gasteiger partial charge in [0.15, 0.2) is 0 Å². The first-order valence-corrected chi connectivity index (χ1v) is 2.77. The predicted octanol–water partition coefficient (Wildman–Crippen LogP) is 0.178. The highest BCUT2D eigenvalue weighted by Crippen LogP contribution is 1.76. The molecule has 0 fully saturated rings. The number of ether oxygens (including phenoxy) is 1. The summed E-state index contributed by atoms with van der Waals surface area (Å²) >= 11 is 5.25. The van der Waals surface area contributed by atoms with Crippen molar-refractivity contribution < 1.29 is 4.74 Å². The second kappa shape index (κ2) is 4.87. The molecular formula is C4H9ClN2O. The zero-order chi connectivity index (χ0) is 6.41. The summed E-state index contributed by atoms with van der Waals surface area (Å²) in [6.45, 7) is 0.647. The van der Waals surface area contributed by atoms with Crippen LogP contribution in [0.2, 0.25) is 0 Å². The maximum absolute atomic E-state index is 6.68. The van der Waals surface area contributed by atoms with Crippen LogP contribution in [0, 0.1) is 5.41 Å². The minimum Gasteiger partial charge on any atom is -0.386 e. The Kier molecular flexibility index (Phi) is 4.70. The number of hydrogen-bond acceptors (Lipinski definition) is 2. The van der Waals surface area contributed by atoms with Gasteiger partial charge in [-0.3, -0.25) is 5.41 Å². The zero-order valence-corrected chi connectivity index (χ0v) is 5.24. The van der Waals surface area contributed by atoms with E-state index >= 15 is 0 Å². The molecule has 0 atom stereocenters. The Morgan fingerprint density at radius 2 is 2.38 bits per heavy atom. The lowest BCUT2D eigenvalue weighted by atomic mass is 10.6. The van der Waals surface area contributed by atoms with Gasteiger partial charge in [-0.25, -0.2) is 0 Å². The van der Waals surface area contributed by atoms with E-state index in [1.165, 1.54) is 0 Å². The maximum Gasteiger partial charge on any atom is 0.117 e. The van der Waals surface area contributed by atoms with Crippen molar-refractivity contribution in [3.63, 3.8) is 0 Å².